The largest absolute Gasteiger partial charge is 0.455 e. The molecule has 0 aromatic carbocycles. The highest BCUT2D eigenvalue weighted by molar-refractivity contribution is 5.90. The van der Waals surface area contributed by atoms with Crippen LogP contribution in [0.25, 0.3) is 0 Å². The van der Waals surface area contributed by atoms with Gasteiger partial charge in [0.1, 0.15) is 6.10 Å². The molecule has 0 saturated carbocycles. The van der Waals surface area contributed by atoms with Crippen molar-refractivity contribution in [2.24, 2.45) is 0 Å². The maximum absolute atomic E-state index is 11.6. The zero-order valence-corrected chi connectivity index (χ0v) is 26.3. The first-order chi connectivity index (χ1) is 19.5. The minimum Gasteiger partial charge on any atom is -0.455 e. The van der Waals surface area contributed by atoms with Crippen molar-refractivity contribution < 1.29 is 24.5 Å². The van der Waals surface area contributed by atoms with Gasteiger partial charge in [0.05, 0.1) is 24.4 Å². The van der Waals surface area contributed by atoms with E-state index < -0.39 is 6.10 Å². The summed E-state index contributed by atoms with van der Waals surface area (Å²) >= 11 is 0. The predicted molar refractivity (Wildman–Crippen MR) is 165 cm³/mol. The third kappa shape index (κ3) is 15.9. The second-order valence-corrected chi connectivity index (χ2v) is 12.8. The van der Waals surface area contributed by atoms with Gasteiger partial charge in [0, 0.05) is 5.57 Å². The molecule has 2 aliphatic rings. The standard InChI is InChI=1S/C35H64O5/c1-3-4-5-6-7-8-9-10-11-15-18-21-24-31(36)33-26-27-34(40-33)32(37)25-22-19-16-13-12-14-17-20-23-30-28-29(2)39-35(30)38/h28-29,31-34,36-37H,3-27H2,1-2H3/t29?,31-,32+,33-,34+/m0/s1. The smallest absolute Gasteiger partial charge is 0.334 e. The molecule has 0 aliphatic carbocycles. The fraction of sp³-hybridized carbons (Fsp3) is 0.914. The van der Waals surface area contributed by atoms with Crippen LogP contribution in [-0.2, 0) is 14.3 Å². The molecule has 234 valence electrons. The van der Waals surface area contributed by atoms with Gasteiger partial charge in [-0.05, 0) is 51.5 Å². The normalized spacial score (nSPS) is 22.4. The number of carbonyl (C=O) groups excluding carboxylic acids is 1. The second kappa shape index (κ2) is 22.7. The summed E-state index contributed by atoms with van der Waals surface area (Å²) in [5, 5.41) is 21.2. The van der Waals surface area contributed by atoms with Gasteiger partial charge < -0.3 is 19.7 Å². The number of aliphatic hydroxyl groups excluding tert-OH is 2. The fourth-order valence-electron chi connectivity index (χ4n) is 6.37. The van der Waals surface area contributed by atoms with E-state index in [-0.39, 0.29) is 30.4 Å². The molecule has 1 unspecified atom stereocenters. The van der Waals surface area contributed by atoms with Gasteiger partial charge in [-0.25, -0.2) is 4.79 Å². The Morgan fingerprint density at radius 3 is 1.48 bits per heavy atom. The van der Waals surface area contributed by atoms with Gasteiger partial charge in [-0.3, -0.25) is 0 Å². The molecule has 5 heteroatoms. The number of esters is 1. The quantitative estimate of drug-likeness (QED) is 0.0809. The van der Waals surface area contributed by atoms with Gasteiger partial charge >= 0.3 is 5.97 Å². The lowest BCUT2D eigenvalue weighted by molar-refractivity contribution is -0.139. The molecule has 40 heavy (non-hydrogen) atoms. The summed E-state index contributed by atoms with van der Waals surface area (Å²) in [5.74, 6) is -0.126. The molecule has 0 spiro atoms. The summed E-state index contributed by atoms with van der Waals surface area (Å²) in [6.07, 6.45) is 30.5. The minimum absolute atomic E-state index is 0.0526. The molecule has 0 aromatic heterocycles. The van der Waals surface area contributed by atoms with Gasteiger partial charge in [-0.1, -0.05) is 129 Å². The van der Waals surface area contributed by atoms with Crippen LogP contribution in [0.5, 0.6) is 0 Å². The fourth-order valence-corrected chi connectivity index (χ4v) is 6.37. The third-order valence-electron chi connectivity index (χ3n) is 8.98. The molecular weight excluding hydrogens is 500 g/mol. The van der Waals surface area contributed by atoms with Crippen LogP contribution in [0.1, 0.15) is 174 Å². The van der Waals surface area contributed by atoms with Crippen molar-refractivity contribution in [2.45, 2.75) is 205 Å². The Balaban J connectivity index is 1.36. The van der Waals surface area contributed by atoms with E-state index in [9.17, 15) is 15.0 Å². The third-order valence-corrected chi connectivity index (χ3v) is 8.98. The Labute approximate surface area is 246 Å². The summed E-state index contributed by atoms with van der Waals surface area (Å²) in [6, 6.07) is 0. The molecule has 2 rings (SSSR count). The Morgan fingerprint density at radius 1 is 0.675 bits per heavy atom. The lowest BCUT2D eigenvalue weighted by Crippen LogP contribution is -2.31. The highest BCUT2D eigenvalue weighted by Crippen LogP contribution is 2.28. The number of hydrogen-bond acceptors (Lipinski definition) is 5. The first-order valence-electron chi connectivity index (χ1n) is 17.4. The lowest BCUT2D eigenvalue weighted by atomic mass is 10.00. The maximum Gasteiger partial charge on any atom is 0.334 e. The van der Waals surface area contributed by atoms with Crippen molar-refractivity contribution in [3.8, 4) is 0 Å². The summed E-state index contributed by atoms with van der Waals surface area (Å²) < 4.78 is 11.2. The van der Waals surface area contributed by atoms with Crippen molar-refractivity contribution in [1.29, 1.82) is 0 Å². The SMILES string of the molecule is CCCCCCCCCCCCCC[C@H](O)[C@@H]1CC[C@H]([C@H](O)CCCCCCCCCCC2=CC(C)OC2=O)O1. The van der Waals surface area contributed by atoms with E-state index in [1.165, 1.54) is 103 Å². The van der Waals surface area contributed by atoms with Crippen LogP contribution in [0.3, 0.4) is 0 Å². The van der Waals surface area contributed by atoms with E-state index in [0.717, 1.165) is 63.4 Å². The van der Waals surface area contributed by atoms with Crippen molar-refractivity contribution in [3.05, 3.63) is 11.6 Å². The number of aliphatic hydroxyl groups is 2. The first kappa shape index (κ1) is 35.3. The number of cyclic esters (lactones) is 1. The summed E-state index contributed by atoms with van der Waals surface area (Å²) in [4.78, 5) is 11.6. The highest BCUT2D eigenvalue weighted by atomic mass is 16.5. The minimum atomic E-state index is -0.400. The summed E-state index contributed by atoms with van der Waals surface area (Å²) in [6.45, 7) is 4.18. The maximum atomic E-state index is 11.6. The van der Waals surface area contributed by atoms with E-state index in [0.29, 0.717) is 0 Å². The Hall–Kier alpha value is -0.910. The Kier molecular flexibility index (Phi) is 20.0. The van der Waals surface area contributed by atoms with Crippen LogP contribution in [0.15, 0.2) is 11.6 Å². The molecule has 0 bridgehead atoms. The molecule has 2 heterocycles. The monoisotopic (exact) mass is 564 g/mol. The Morgan fingerprint density at radius 2 is 1.07 bits per heavy atom. The van der Waals surface area contributed by atoms with E-state index >= 15 is 0 Å². The molecule has 0 amide bonds. The first-order valence-corrected chi connectivity index (χ1v) is 17.4. The molecule has 0 radical (unpaired) electrons. The van der Waals surface area contributed by atoms with Crippen LogP contribution in [0, 0.1) is 0 Å². The number of ether oxygens (including phenoxy) is 2. The van der Waals surface area contributed by atoms with Gasteiger partial charge in [-0.15, -0.1) is 0 Å². The van der Waals surface area contributed by atoms with Crippen molar-refractivity contribution in [1.82, 2.24) is 0 Å². The van der Waals surface area contributed by atoms with E-state index in [4.69, 9.17) is 9.47 Å². The molecule has 1 saturated heterocycles. The van der Waals surface area contributed by atoms with Crippen LogP contribution in [0.4, 0.5) is 0 Å². The van der Waals surface area contributed by atoms with E-state index in [1.807, 2.05) is 13.0 Å². The number of unbranched alkanes of at least 4 members (excludes halogenated alkanes) is 18. The number of rotatable bonds is 26. The Bertz CT molecular complexity index is 662. The van der Waals surface area contributed by atoms with Gasteiger partial charge in [0.2, 0.25) is 0 Å². The van der Waals surface area contributed by atoms with Crippen LogP contribution >= 0.6 is 0 Å². The molecular formula is C35H64O5. The molecule has 2 aliphatic heterocycles. The number of hydrogen-bond donors (Lipinski definition) is 2. The molecule has 5 nitrogen and oxygen atoms in total. The van der Waals surface area contributed by atoms with Gasteiger partial charge in [0.25, 0.3) is 0 Å². The lowest BCUT2D eigenvalue weighted by Gasteiger charge is -2.22. The summed E-state index contributed by atoms with van der Waals surface area (Å²) in [7, 11) is 0. The average Bonchev–Trinajstić information content (AvgIpc) is 3.56. The molecule has 0 aromatic rings. The predicted octanol–water partition coefficient (Wildman–Crippen LogP) is 9.12. The zero-order valence-electron chi connectivity index (χ0n) is 26.3. The van der Waals surface area contributed by atoms with Crippen molar-refractivity contribution >= 4 is 5.97 Å². The van der Waals surface area contributed by atoms with Crippen molar-refractivity contribution in [3.63, 3.8) is 0 Å². The average molecular weight is 565 g/mol. The topological polar surface area (TPSA) is 76.0 Å². The van der Waals surface area contributed by atoms with Crippen LogP contribution in [-0.4, -0.2) is 46.7 Å². The summed E-state index contributed by atoms with van der Waals surface area (Å²) in [5.41, 5.74) is 0.859. The zero-order chi connectivity index (χ0) is 28.8. The number of carbonyl (C=O) groups is 1. The second-order valence-electron chi connectivity index (χ2n) is 12.8. The highest BCUT2D eigenvalue weighted by Gasteiger charge is 2.34. The van der Waals surface area contributed by atoms with Crippen LogP contribution < -0.4 is 0 Å². The molecule has 1 fully saturated rings. The van der Waals surface area contributed by atoms with Crippen LogP contribution in [0.2, 0.25) is 0 Å². The van der Waals surface area contributed by atoms with Gasteiger partial charge in [-0.2, -0.15) is 0 Å². The van der Waals surface area contributed by atoms with E-state index in [1.54, 1.807) is 0 Å². The molecule has 5 atom stereocenters. The molecule has 2 N–H and O–H groups in total. The van der Waals surface area contributed by atoms with E-state index in [2.05, 4.69) is 6.92 Å². The van der Waals surface area contributed by atoms with Gasteiger partial charge in [0.15, 0.2) is 0 Å². The van der Waals surface area contributed by atoms with Crippen molar-refractivity contribution in [2.75, 3.05) is 0 Å².